The van der Waals surface area contributed by atoms with Gasteiger partial charge in [-0.1, -0.05) is 39.7 Å². The number of hydrogen-bond acceptors (Lipinski definition) is 3. The van der Waals surface area contributed by atoms with Crippen LogP contribution in [0.4, 0.5) is 5.82 Å². The second kappa shape index (κ2) is 4.85. The van der Waals surface area contributed by atoms with Crippen LogP contribution in [0.3, 0.4) is 0 Å². The first-order valence-corrected chi connectivity index (χ1v) is 5.96. The second-order valence-corrected chi connectivity index (χ2v) is 4.78. The van der Waals surface area contributed by atoms with E-state index in [9.17, 15) is 4.79 Å². The predicted molar refractivity (Wildman–Crippen MR) is 71.2 cm³/mol. The summed E-state index contributed by atoms with van der Waals surface area (Å²) in [5, 5.41) is 0.387. The summed E-state index contributed by atoms with van der Waals surface area (Å²) in [5.41, 5.74) is 6.52. The van der Waals surface area contributed by atoms with E-state index in [0.717, 1.165) is 4.47 Å². The van der Waals surface area contributed by atoms with Crippen LogP contribution in [-0.4, -0.2) is 10.8 Å². The fraction of sp³-hybridized carbons (Fsp3) is 0. The average Bonchev–Trinajstić information content (AvgIpc) is 2.31. The summed E-state index contributed by atoms with van der Waals surface area (Å²) in [6, 6.07) is 8.59. The Hall–Kier alpha value is -1.39. The van der Waals surface area contributed by atoms with Crippen LogP contribution < -0.4 is 5.73 Å². The SMILES string of the molecule is Nc1ncc(Cl)cc1C(=O)c1cccc(Br)c1. The molecule has 0 aliphatic rings. The maximum absolute atomic E-state index is 12.2. The van der Waals surface area contributed by atoms with Crippen LogP contribution in [-0.2, 0) is 0 Å². The van der Waals surface area contributed by atoms with E-state index in [0.29, 0.717) is 16.1 Å². The molecule has 0 fully saturated rings. The highest BCUT2D eigenvalue weighted by Crippen LogP contribution is 2.20. The number of aromatic nitrogens is 1. The van der Waals surface area contributed by atoms with Gasteiger partial charge in [0, 0.05) is 16.2 Å². The molecule has 0 unspecified atom stereocenters. The molecule has 2 aromatic rings. The quantitative estimate of drug-likeness (QED) is 0.866. The van der Waals surface area contributed by atoms with Gasteiger partial charge in [0.05, 0.1) is 10.6 Å². The molecule has 5 heteroatoms. The van der Waals surface area contributed by atoms with Crippen LogP contribution >= 0.6 is 27.5 Å². The molecule has 0 bridgehead atoms. The van der Waals surface area contributed by atoms with Crippen LogP contribution in [0.2, 0.25) is 5.02 Å². The normalized spacial score (nSPS) is 10.2. The molecule has 1 heterocycles. The van der Waals surface area contributed by atoms with Crippen LogP contribution in [0.1, 0.15) is 15.9 Å². The number of rotatable bonds is 2. The van der Waals surface area contributed by atoms with E-state index in [2.05, 4.69) is 20.9 Å². The molecular formula is C12H8BrClN2O. The van der Waals surface area contributed by atoms with Crippen molar-refractivity contribution in [2.45, 2.75) is 0 Å². The first-order valence-electron chi connectivity index (χ1n) is 4.79. The number of halogens is 2. The number of pyridine rings is 1. The van der Waals surface area contributed by atoms with Crippen molar-refractivity contribution >= 4 is 39.1 Å². The van der Waals surface area contributed by atoms with E-state index >= 15 is 0 Å². The Bertz CT molecular complexity index is 586. The number of carbonyl (C=O) groups is 1. The lowest BCUT2D eigenvalue weighted by atomic mass is 10.0. The fourth-order valence-electron chi connectivity index (χ4n) is 1.42. The molecule has 0 spiro atoms. The zero-order chi connectivity index (χ0) is 12.4. The minimum absolute atomic E-state index is 0.180. The van der Waals surface area contributed by atoms with E-state index in [1.807, 2.05) is 6.07 Å². The Kier molecular flexibility index (Phi) is 3.45. The molecule has 0 aliphatic carbocycles. The van der Waals surface area contributed by atoms with E-state index < -0.39 is 0 Å². The second-order valence-electron chi connectivity index (χ2n) is 3.43. The Morgan fingerprint density at radius 1 is 1.35 bits per heavy atom. The highest BCUT2D eigenvalue weighted by atomic mass is 79.9. The van der Waals surface area contributed by atoms with Crippen molar-refractivity contribution in [2.24, 2.45) is 0 Å². The standard InChI is InChI=1S/C12H8BrClN2O/c13-8-3-1-2-7(4-8)11(17)10-5-9(14)6-16-12(10)15/h1-6H,(H2,15,16). The molecule has 0 amide bonds. The summed E-state index contributed by atoms with van der Waals surface area (Å²) in [5.74, 6) is -0.0156. The zero-order valence-corrected chi connectivity index (χ0v) is 11.0. The van der Waals surface area contributed by atoms with Gasteiger partial charge >= 0.3 is 0 Å². The van der Waals surface area contributed by atoms with Crippen molar-refractivity contribution in [1.82, 2.24) is 4.98 Å². The molecule has 0 radical (unpaired) electrons. The minimum Gasteiger partial charge on any atom is -0.383 e. The minimum atomic E-state index is -0.196. The summed E-state index contributed by atoms with van der Waals surface area (Å²) in [7, 11) is 0. The van der Waals surface area contributed by atoms with E-state index in [1.54, 1.807) is 18.2 Å². The molecule has 0 saturated carbocycles. The van der Waals surface area contributed by atoms with Crippen molar-refractivity contribution in [3.8, 4) is 0 Å². The lowest BCUT2D eigenvalue weighted by molar-refractivity contribution is 0.103. The summed E-state index contributed by atoms with van der Waals surface area (Å²) >= 11 is 9.11. The first kappa shape index (κ1) is 12.1. The summed E-state index contributed by atoms with van der Waals surface area (Å²) in [6.07, 6.45) is 1.41. The number of hydrogen-bond donors (Lipinski definition) is 1. The lowest BCUT2D eigenvalue weighted by Crippen LogP contribution is -2.06. The first-order chi connectivity index (χ1) is 8.08. The van der Waals surface area contributed by atoms with Crippen molar-refractivity contribution in [3.63, 3.8) is 0 Å². The monoisotopic (exact) mass is 310 g/mol. The smallest absolute Gasteiger partial charge is 0.196 e. The van der Waals surface area contributed by atoms with Crippen molar-refractivity contribution in [1.29, 1.82) is 0 Å². The Balaban J connectivity index is 2.47. The van der Waals surface area contributed by atoms with Crippen LogP contribution in [0.25, 0.3) is 0 Å². The number of nitrogens with two attached hydrogens (primary N) is 1. The fourth-order valence-corrected chi connectivity index (χ4v) is 1.97. The van der Waals surface area contributed by atoms with Crippen molar-refractivity contribution < 1.29 is 4.79 Å². The average molecular weight is 312 g/mol. The predicted octanol–water partition coefficient (Wildman–Crippen LogP) is 3.31. The molecule has 1 aromatic heterocycles. The number of ketones is 1. The topological polar surface area (TPSA) is 56.0 Å². The molecule has 0 atom stereocenters. The molecule has 0 saturated heterocycles. The van der Waals surface area contributed by atoms with Gasteiger partial charge in [0.2, 0.25) is 0 Å². The van der Waals surface area contributed by atoms with Gasteiger partial charge in [0.25, 0.3) is 0 Å². The summed E-state index contributed by atoms with van der Waals surface area (Å²) in [4.78, 5) is 16.0. The zero-order valence-electron chi connectivity index (χ0n) is 8.65. The number of carbonyl (C=O) groups excluding carboxylic acids is 1. The van der Waals surface area contributed by atoms with Gasteiger partial charge in [-0.2, -0.15) is 0 Å². The largest absolute Gasteiger partial charge is 0.383 e. The van der Waals surface area contributed by atoms with Gasteiger partial charge in [-0.05, 0) is 18.2 Å². The molecule has 86 valence electrons. The Morgan fingerprint density at radius 2 is 2.12 bits per heavy atom. The molecule has 3 nitrogen and oxygen atoms in total. The number of anilines is 1. The maximum atomic E-state index is 12.2. The molecule has 17 heavy (non-hydrogen) atoms. The van der Waals surface area contributed by atoms with Crippen LogP contribution in [0.5, 0.6) is 0 Å². The van der Waals surface area contributed by atoms with Crippen molar-refractivity contribution in [2.75, 3.05) is 5.73 Å². The molecule has 1 aromatic carbocycles. The van der Waals surface area contributed by atoms with Gasteiger partial charge < -0.3 is 5.73 Å². The van der Waals surface area contributed by atoms with E-state index in [1.165, 1.54) is 12.3 Å². The van der Waals surface area contributed by atoms with Crippen LogP contribution in [0.15, 0.2) is 41.0 Å². The Morgan fingerprint density at radius 3 is 2.82 bits per heavy atom. The lowest BCUT2D eigenvalue weighted by Gasteiger charge is -2.04. The van der Waals surface area contributed by atoms with Gasteiger partial charge in [-0.25, -0.2) is 4.98 Å². The highest BCUT2D eigenvalue weighted by molar-refractivity contribution is 9.10. The highest BCUT2D eigenvalue weighted by Gasteiger charge is 2.14. The molecule has 0 aliphatic heterocycles. The number of nitrogen functional groups attached to an aromatic ring is 1. The molecule has 2 N–H and O–H groups in total. The third kappa shape index (κ3) is 2.65. The summed E-state index contributed by atoms with van der Waals surface area (Å²) < 4.78 is 0.830. The van der Waals surface area contributed by atoms with Gasteiger partial charge in [-0.15, -0.1) is 0 Å². The molecule has 2 rings (SSSR count). The van der Waals surface area contributed by atoms with Gasteiger partial charge in [-0.3, -0.25) is 4.79 Å². The van der Waals surface area contributed by atoms with Crippen molar-refractivity contribution in [3.05, 3.63) is 57.2 Å². The van der Waals surface area contributed by atoms with Gasteiger partial charge in [0.15, 0.2) is 5.78 Å². The van der Waals surface area contributed by atoms with E-state index in [-0.39, 0.29) is 11.6 Å². The maximum Gasteiger partial charge on any atom is 0.196 e. The van der Waals surface area contributed by atoms with Crippen LogP contribution in [0, 0.1) is 0 Å². The number of nitrogens with zero attached hydrogens (tertiary/aromatic N) is 1. The third-order valence-corrected chi connectivity index (χ3v) is 2.92. The van der Waals surface area contributed by atoms with E-state index in [4.69, 9.17) is 17.3 Å². The Labute approximate surface area is 112 Å². The van der Waals surface area contributed by atoms with Gasteiger partial charge in [0.1, 0.15) is 5.82 Å². The molecular weight excluding hydrogens is 304 g/mol. The third-order valence-electron chi connectivity index (χ3n) is 2.22. The number of benzene rings is 1. The summed E-state index contributed by atoms with van der Waals surface area (Å²) in [6.45, 7) is 0.